The van der Waals surface area contributed by atoms with E-state index in [-0.39, 0.29) is 0 Å². The molecule has 3 rings (SSSR count). The summed E-state index contributed by atoms with van der Waals surface area (Å²) in [6.45, 7) is 12.2. The van der Waals surface area contributed by atoms with Gasteiger partial charge in [0.25, 0.3) is 0 Å². The van der Waals surface area contributed by atoms with Crippen molar-refractivity contribution in [3.63, 3.8) is 0 Å². The second-order valence-electron chi connectivity index (χ2n) is 8.21. The van der Waals surface area contributed by atoms with Crippen molar-refractivity contribution in [3.8, 4) is 5.75 Å². The van der Waals surface area contributed by atoms with E-state index in [1.165, 1.54) is 28.3 Å². The Labute approximate surface area is 191 Å². The van der Waals surface area contributed by atoms with Crippen molar-refractivity contribution in [2.45, 2.75) is 46.6 Å². The smallest absolute Gasteiger partial charge is 0.191 e. The molecule has 7 heteroatoms. The second kappa shape index (κ2) is 12.1. The molecule has 1 fully saturated rings. The summed E-state index contributed by atoms with van der Waals surface area (Å²) in [7, 11) is 1.71. The van der Waals surface area contributed by atoms with Gasteiger partial charge in [-0.2, -0.15) is 0 Å². The quantitative estimate of drug-likeness (QED) is 0.456. The van der Waals surface area contributed by atoms with Crippen LogP contribution in [0, 0.1) is 19.8 Å². The number of aromatic nitrogens is 1. The van der Waals surface area contributed by atoms with Crippen molar-refractivity contribution in [2.75, 3.05) is 39.8 Å². The van der Waals surface area contributed by atoms with Gasteiger partial charge in [-0.25, -0.2) is 4.98 Å². The summed E-state index contributed by atoms with van der Waals surface area (Å²) in [6.07, 6.45) is 3.35. The lowest BCUT2D eigenvalue weighted by atomic mass is 9.96. The molecule has 1 aliphatic heterocycles. The van der Waals surface area contributed by atoms with E-state index in [0.717, 1.165) is 63.1 Å². The number of hydrogen-bond acceptors (Lipinski definition) is 5. The number of benzene rings is 1. The predicted octanol–water partition coefficient (Wildman–Crippen LogP) is 3.78. The van der Waals surface area contributed by atoms with Crippen LogP contribution >= 0.6 is 11.3 Å². The van der Waals surface area contributed by atoms with E-state index in [0.29, 0.717) is 5.92 Å². The molecule has 6 nitrogen and oxygen atoms in total. The Morgan fingerprint density at radius 1 is 1.19 bits per heavy atom. The highest BCUT2D eigenvalue weighted by molar-refractivity contribution is 7.11. The fourth-order valence-electron chi connectivity index (χ4n) is 3.81. The highest BCUT2D eigenvalue weighted by Gasteiger charge is 2.19. The van der Waals surface area contributed by atoms with Crippen LogP contribution in [-0.2, 0) is 13.0 Å². The number of likely N-dealkylation sites (tertiary alicyclic amines) is 1. The third-order valence-electron chi connectivity index (χ3n) is 5.83. The second-order valence-corrected chi connectivity index (χ2v) is 9.50. The molecule has 0 aliphatic carbocycles. The highest BCUT2D eigenvalue weighted by Crippen LogP contribution is 2.20. The van der Waals surface area contributed by atoms with Gasteiger partial charge in [-0.05, 0) is 70.3 Å². The maximum Gasteiger partial charge on any atom is 0.191 e. The van der Waals surface area contributed by atoms with Crippen molar-refractivity contribution in [1.29, 1.82) is 0 Å². The molecule has 0 radical (unpaired) electrons. The fraction of sp³-hybridized carbons (Fsp3) is 0.583. The number of hydrogen-bond donors (Lipinski definition) is 2. The number of nitrogens with one attached hydrogen (secondary N) is 2. The summed E-state index contributed by atoms with van der Waals surface area (Å²) in [5.74, 6) is 2.50. The van der Waals surface area contributed by atoms with E-state index in [1.807, 2.05) is 12.1 Å². The Balaban J connectivity index is 1.40. The molecule has 2 heterocycles. The molecule has 31 heavy (non-hydrogen) atoms. The Morgan fingerprint density at radius 3 is 2.55 bits per heavy atom. The van der Waals surface area contributed by atoms with E-state index in [9.17, 15) is 0 Å². The third-order valence-corrected chi connectivity index (χ3v) is 6.96. The molecule has 1 aromatic carbocycles. The van der Waals surface area contributed by atoms with E-state index in [1.54, 1.807) is 18.4 Å². The lowest BCUT2D eigenvalue weighted by molar-refractivity contribution is 0.180. The summed E-state index contributed by atoms with van der Waals surface area (Å²) < 4.78 is 5.25. The van der Waals surface area contributed by atoms with E-state index in [2.05, 4.69) is 53.4 Å². The van der Waals surface area contributed by atoms with Gasteiger partial charge in [-0.3, -0.25) is 9.89 Å². The van der Waals surface area contributed by atoms with Crippen LogP contribution in [0.15, 0.2) is 29.3 Å². The Morgan fingerprint density at radius 2 is 1.94 bits per heavy atom. The average Bonchev–Trinajstić information content (AvgIpc) is 3.10. The largest absolute Gasteiger partial charge is 0.497 e. The summed E-state index contributed by atoms with van der Waals surface area (Å²) in [5.41, 5.74) is 2.50. The van der Waals surface area contributed by atoms with Crippen molar-refractivity contribution >= 4 is 17.3 Å². The van der Waals surface area contributed by atoms with Crippen LogP contribution in [0.2, 0.25) is 0 Å². The highest BCUT2D eigenvalue weighted by atomic mass is 32.1. The number of thiazole rings is 1. The Hall–Kier alpha value is -2.12. The summed E-state index contributed by atoms with van der Waals surface area (Å²) in [6, 6.07) is 8.42. The van der Waals surface area contributed by atoms with Crippen LogP contribution in [0.5, 0.6) is 5.75 Å². The molecule has 1 aromatic heterocycles. The van der Waals surface area contributed by atoms with Crippen LogP contribution < -0.4 is 15.4 Å². The van der Waals surface area contributed by atoms with Crippen LogP contribution in [0.4, 0.5) is 0 Å². The van der Waals surface area contributed by atoms with E-state index >= 15 is 0 Å². The topological polar surface area (TPSA) is 61.8 Å². The Bertz CT molecular complexity index is 805. The van der Waals surface area contributed by atoms with Crippen LogP contribution in [0.1, 0.15) is 40.9 Å². The summed E-state index contributed by atoms with van der Waals surface area (Å²) in [5, 5.41) is 8.05. The third kappa shape index (κ3) is 7.51. The zero-order valence-electron chi connectivity index (χ0n) is 19.4. The van der Waals surface area contributed by atoms with Gasteiger partial charge in [0.05, 0.1) is 17.8 Å². The first-order valence-electron chi connectivity index (χ1n) is 11.4. The zero-order chi connectivity index (χ0) is 22.1. The van der Waals surface area contributed by atoms with Gasteiger partial charge in [-0.1, -0.05) is 12.1 Å². The minimum Gasteiger partial charge on any atom is -0.497 e. The number of aliphatic imine (C=N–C) groups is 1. The predicted molar refractivity (Wildman–Crippen MR) is 130 cm³/mol. The molecule has 0 bridgehead atoms. The molecular weight excluding hydrogens is 406 g/mol. The number of aryl methyl sites for hydroxylation is 2. The number of ether oxygens (including phenoxy) is 1. The standard InChI is InChI=1S/C24H37N5OS/c1-5-25-24(26-13-10-23-28-18(2)19(3)31-23)27-16-20-11-14-29(15-12-20)17-21-6-8-22(30-4)9-7-21/h6-9,20H,5,10-17H2,1-4H3,(H2,25,26,27). The van der Waals surface area contributed by atoms with Crippen molar-refractivity contribution in [1.82, 2.24) is 20.5 Å². The first-order chi connectivity index (χ1) is 15.1. The van der Waals surface area contributed by atoms with Crippen LogP contribution in [0.25, 0.3) is 0 Å². The SMILES string of the molecule is CCNC(=NCC1CCN(Cc2ccc(OC)cc2)CC1)NCCc1nc(C)c(C)s1. The van der Waals surface area contributed by atoms with Gasteiger partial charge < -0.3 is 15.4 Å². The minimum absolute atomic E-state index is 0.659. The van der Waals surface area contributed by atoms with Crippen molar-refractivity contribution in [3.05, 3.63) is 45.4 Å². The normalized spacial score (nSPS) is 15.8. The van der Waals surface area contributed by atoms with E-state index < -0.39 is 0 Å². The summed E-state index contributed by atoms with van der Waals surface area (Å²) >= 11 is 1.80. The van der Waals surface area contributed by atoms with Gasteiger partial charge in [0.15, 0.2) is 5.96 Å². The van der Waals surface area contributed by atoms with Gasteiger partial charge >= 0.3 is 0 Å². The van der Waals surface area contributed by atoms with E-state index in [4.69, 9.17) is 9.73 Å². The van der Waals surface area contributed by atoms with Gasteiger partial charge in [0.1, 0.15) is 5.75 Å². The average molecular weight is 444 g/mol. The van der Waals surface area contributed by atoms with Gasteiger partial charge in [0, 0.05) is 37.5 Å². The lowest BCUT2D eigenvalue weighted by Gasteiger charge is -2.31. The number of guanidine groups is 1. The van der Waals surface area contributed by atoms with Gasteiger partial charge in [0.2, 0.25) is 0 Å². The molecule has 0 saturated carbocycles. The monoisotopic (exact) mass is 443 g/mol. The fourth-order valence-corrected chi connectivity index (χ4v) is 4.75. The molecule has 1 saturated heterocycles. The number of rotatable bonds is 9. The molecule has 1 aliphatic rings. The number of piperidine rings is 1. The Kier molecular flexibility index (Phi) is 9.15. The maximum absolute atomic E-state index is 5.25. The molecule has 2 N–H and O–H groups in total. The first kappa shape index (κ1) is 23.5. The summed E-state index contributed by atoms with van der Waals surface area (Å²) in [4.78, 5) is 13.3. The molecule has 0 unspecified atom stereocenters. The molecule has 170 valence electrons. The van der Waals surface area contributed by atoms with Crippen molar-refractivity contribution in [2.24, 2.45) is 10.9 Å². The first-order valence-corrected chi connectivity index (χ1v) is 12.2. The number of methoxy groups -OCH3 is 1. The zero-order valence-corrected chi connectivity index (χ0v) is 20.2. The molecule has 0 spiro atoms. The molecular formula is C24H37N5OS. The lowest BCUT2D eigenvalue weighted by Crippen LogP contribution is -2.39. The van der Waals surface area contributed by atoms with Crippen LogP contribution in [0.3, 0.4) is 0 Å². The molecule has 0 amide bonds. The van der Waals surface area contributed by atoms with Crippen molar-refractivity contribution < 1.29 is 4.74 Å². The molecule has 2 aromatic rings. The molecule has 0 atom stereocenters. The number of nitrogens with zero attached hydrogens (tertiary/aromatic N) is 3. The van der Waals surface area contributed by atoms with Crippen LogP contribution in [-0.4, -0.2) is 55.7 Å². The van der Waals surface area contributed by atoms with Gasteiger partial charge in [-0.15, -0.1) is 11.3 Å². The maximum atomic E-state index is 5.25. The minimum atomic E-state index is 0.659.